The van der Waals surface area contributed by atoms with Gasteiger partial charge in [-0.1, -0.05) is 12.1 Å². The van der Waals surface area contributed by atoms with Gasteiger partial charge in [0.05, 0.1) is 12.8 Å². The topological polar surface area (TPSA) is 117 Å². The predicted octanol–water partition coefficient (Wildman–Crippen LogP) is 6.35. The summed E-state index contributed by atoms with van der Waals surface area (Å²) in [6.07, 6.45) is 3.80. The van der Waals surface area contributed by atoms with Crippen molar-refractivity contribution in [2.75, 3.05) is 12.4 Å². The van der Waals surface area contributed by atoms with Gasteiger partial charge in [0, 0.05) is 54.7 Å². The third-order valence-electron chi connectivity index (χ3n) is 6.77. The first-order valence-corrected chi connectivity index (χ1v) is 14.0. The molecule has 45 heavy (non-hydrogen) atoms. The summed E-state index contributed by atoms with van der Waals surface area (Å²) in [5.74, 6) is -0.183. The van der Waals surface area contributed by atoms with Crippen molar-refractivity contribution in [1.29, 1.82) is 0 Å². The summed E-state index contributed by atoms with van der Waals surface area (Å²) in [5, 5.41) is 3.10. The number of methoxy groups -OCH3 is 1. The molecule has 0 unspecified atom stereocenters. The standard InChI is InChI=1S/C31H31F4N7O3/c1-30(2,3)45-23(43)11-10-20-14-37-27(24-25(17-6-7-17)38-16-39-29(24)44-5)41-26(20)36-13-19-9-8-18(12-21(19)32)28-40-22(15-42(28)4)31(33,34)35/h8-12,14-17H,6-7,13H2,1-5H3,(H,36,37,41)/b11-10+. The molecule has 236 valence electrons. The van der Waals surface area contributed by atoms with E-state index in [9.17, 15) is 18.0 Å². The molecule has 0 bridgehead atoms. The van der Waals surface area contributed by atoms with Crippen LogP contribution in [0.4, 0.5) is 23.4 Å². The van der Waals surface area contributed by atoms with Crippen LogP contribution in [-0.2, 0) is 29.3 Å². The van der Waals surface area contributed by atoms with Gasteiger partial charge in [0.2, 0.25) is 5.88 Å². The molecule has 10 nitrogen and oxygen atoms in total. The molecule has 0 radical (unpaired) electrons. The summed E-state index contributed by atoms with van der Waals surface area (Å²) in [4.78, 5) is 33.9. The van der Waals surface area contributed by atoms with Crippen LogP contribution in [0.5, 0.6) is 5.88 Å². The number of carbonyl (C=O) groups excluding carboxylic acids is 1. The minimum atomic E-state index is -4.63. The molecule has 1 aliphatic rings. The Kier molecular flexibility index (Phi) is 8.59. The van der Waals surface area contributed by atoms with E-state index < -0.39 is 29.3 Å². The van der Waals surface area contributed by atoms with Crippen molar-refractivity contribution in [3.8, 4) is 28.7 Å². The summed E-state index contributed by atoms with van der Waals surface area (Å²) in [6.45, 7) is 5.19. The number of esters is 1. The highest BCUT2D eigenvalue weighted by atomic mass is 19.4. The lowest BCUT2D eigenvalue weighted by atomic mass is 10.1. The third-order valence-corrected chi connectivity index (χ3v) is 6.77. The van der Waals surface area contributed by atoms with Crippen LogP contribution in [0.1, 0.15) is 62.0 Å². The largest absolute Gasteiger partial charge is 0.480 e. The number of aromatic nitrogens is 6. The number of nitrogens with one attached hydrogen (secondary N) is 1. The van der Waals surface area contributed by atoms with Crippen molar-refractivity contribution in [2.24, 2.45) is 7.05 Å². The highest BCUT2D eigenvalue weighted by Gasteiger charge is 2.35. The zero-order valence-electron chi connectivity index (χ0n) is 25.2. The lowest BCUT2D eigenvalue weighted by molar-refractivity contribution is -0.148. The van der Waals surface area contributed by atoms with E-state index >= 15 is 4.39 Å². The summed E-state index contributed by atoms with van der Waals surface area (Å²) < 4.78 is 66.7. The molecule has 3 heterocycles. The molecule has 0 spiro atoms. The summed E-state index contributed by atoms with van der Waals surface area (Å²) in [7, 11) is 2.90. The van der Waals surface area contributed by atoms with E-state index in [1.165, 1.54) is 55.5 Å². The van der Waals surface area contributed by atoms with Gasteiger partial charge in [0.1, 0.15) is 35.0 Å². The first-order valence-electron chi connectivity index (χ1n) is 14.0. The minimum absolute atomic E-state index is 0.0266. The van der Waals surface area contributed by atoms with E-state index in [1.54, 1.807) is 20.8 Å². The number of hydrogen-bond donors (Lipinski definition) is 1. The summed E-state index contributed by atoms with van der Waals surface area (Å²) in [5.41, 5.74) is 0.347. The van der Waals surface area contributed by atoms with Crippen LogP contribution < -0.4 is 10.1 Å². The second kappa shape index (κ2) is 12.3. The van der Waals surface area contributed by atoms with Crippen LogP contribution in [-0.4, -0.2) is 48.2 Å². The van der Waals surface area contributed by atoms with E-state index in [4.69, 9.17) is 14.5 Å². The summed E-state index contributed by atoms with van der Waals surface area (Å²) >= 11 is 0. The number of nitrogens with zero attached hydrogens (tertiary/aromatic N) is 6. The zero-order valence-corrected chi connectivity index (χ0v) is 25.2. The Hall–Kier alpha value is -4.88. The van der Waals surface area contributed by atoms with E-state index in [0.29, 0.717) is 17.0 Å². The Morgan fingerprint density at radius 2 is 1.89 bits per heavy atom. The average Bonchev–Trinajstić information content (AvgIpc) is 3.74. The quantitative estimate of drug-likeness (QED) is 0.129. The number of ether oxygens (including phenoxy) is 2. The van der Waals surface area contributed by atoms with Crippen LogP contribution in [0.3, 0.4) is 0 Å². The van der Waals surface area contributed by atoms with Gasteiger partial charge in [-0.05, 0) is 45.8 Å². The van der Waals surface area contributed by atoms with Gasteiger partial charge in [0.25, 0.3) is 0 Å². The first kappa shape index (κ1) is 31.5. The number of carbonyl (C=O) groups is 1. The van der Waals surface area contributed by atoms with Crippen molar-refractivity contribution in [3.05, 3.63) is 71.3 Å². The van der Waals surface area contributed by atoms with Crippen LogP contribution in [0.25, 0.3) is 28.9 Å². The molecule has 1 aliphatic carbocycles. The van der Waals surface area contributed by atoms with Crippen LogP contribution in [0, 0.1) is 5.82 Å². The number of anilines is 1. The van der Waals surface area contributed by atoms with Gasteiger partial charge < -0.3 is 19.4 Å². The normalized spacial score (nSPS) is 13.7. The van der Waals surface area contributed by atoms with Crippen molar-refractivity contribution in [2.45, 2.75) is 57.9 Å². The molecule has 0 aliphatic heterocycles. The number of benzene rings is 1. The van der Waals surface area contributed by atoms with Crippen LogP contribution in [0.2, 0.25) is 0 Å². The van der Waals surface area contributed by atoms with Gasteiger partial charge in [-0.25, -0.2) is 34.1 Å². The summed E-state index contributed by atoms with van der Waals surface area (Å²) in [6, 6.07) is 4.07. The fourth-order valence-corrected chi connectivity index (χ4v) is 4.56. The molecule has 3 aromatic heterocycles. The Labute approximate surface area is 256 Å². The van der Waals surface area contributed by atoms with Crippen molar-refractivity contribution >= 4 is 17.9 Å². The minimum Gasteiger partial charge on any atom is -0.480 e. The molecule has 0 atom stereocenters. The molecule has 0 amide bonds. The van der Waals surface area contributed by atoms with Crippen molar-refractivity contribution < 1.29 is 31.8 Å². The number of halogens is 4. The fourth-order valence-electron chi connectivity index (χ4n) is 4.56. The smallest absolute Gasteiger partial charge is 0.434 e. The van der Waals surface area contributed by atoms with Gasteiger partial charge >= 0.3 is 12.1 Å². The maximum absolute atomic E-state index is 15.3. The highest BCUT2D eigenvalue weighted by molar-refractivity contribution is 5.88. The fraction of sp³-hybridized carbons (Fsp3) is 0.355. The molecular weight excluding hydrogens is 594 g/mol. The molecule has 1 fully saturated rings. The Morgan fingerprint density at radius 3 is 2.51 bits per heavy atom. The number of aryl methyl sites for hydroxylation is 1. The van der Waals surface area contributed by atoms with Crippen molar-refractivity contribution in [1.82, 2.24) is 29.5 Å². The number of hydrogen-bond acceptors (Lipinski definition) is 9. The van der Waals surface area contributed by atoms with E-state index in [-0.39, 0.29) is 41.1 Å². The van der Waals surface area contributed by atoms with E-state index in [2.05, 4.69) is 25.3 Å². The number of imidazole rings is 1. The molecule has 0 saturated heterocycles. The SMILES string of the molecule is COc1ncnc(C2CC2)c1-c1ncc(/C=C/C(=O)OC(C)(C)C)c(NCc2ccc(-c3nc(C(F)(F)F)cn3C)cc2F)n1. The molecular formula is C31H31F4N7O3. The second-order valence-electron chi connectivity index (χ2n) is 11.5. The molecule has 1 saturated carbocycles. The van der Waals surface area contributed by atoms with Crippen LogP contribution >= 0.6 is 0 Å². The number of alkyl halides is 3. The Morgan fingerprint density at radius 1 is 1.13 bits per heavy atom. The Balaban J connectivity index is 1.47. The molecule has 1 aromatic carbocycles. The molecule has 1 N–H and O–H groups in total. The first-order chi connectivity index (χ1) is 21.2. The van der Waals surface area contributed by atoms with E-state index in [0.717, 1.165) is 30.8 Å². The lowest BCUT2D eigenvalue weighted by Crippen LogP contribution is -2.22. The van der Waals surface area contributed by atoms with Crippen LogP contribution in [0.15, 0.2) is 43.0 Å². The highest BCUT2D eigenvalue weighted by Crippen LogP contribution is 2.45. The third kappa shape index (κ3) is 7.44. The van der Waals surface area contributed by atoms with Crippen molar-refractivity contribution in [3.63, 3.8) is 0 Å². The monoisotopic (exact) mass is 625 g/mol. The number of rotatable bonds is 9. The van der Waals surface area contributed by atoms with Gasteiger partial charge in [-0.3, -0.25) is 0 Å². The lowest BCUT2D eigenvalue weighted by Gasteiger charge is -2.18. The molecule has 4 aromatic rings. The maximum Gasteiger partial charge on any atom is 0.434 e. The average molecular weight is 626 g/mol. The molecule has 5 rings (SSSR count). The van der Waals surface area contributed by atoms with Gasteiger partial charge in [-0.2, -0.15) is 13.2 Å². The Bertz CT molecular complexity index is 1760. The predicted molar refractivity (Wildman–Crippen MR) is 157 cm³/mol. The van der Waals surface area contributed by atoms with Gasteiger partial charge in [-0.15, -0.1) is 0 Å². The zero-order chi connectivity index (χ0) is 32.5. The maximum atomic E-state index is 15.3. The van der Waals surface area contributed by atoms with E-state index in [1.807, 2.05) is 0 Å². The van der Waals surface area contributed by atoms with Gasteiger partial charge in [0.15, 0.2) is 11.5 Å². The second-order valence-corrected chi connectivity index (χ2v) is 11.5. The molecule has 14 heteroatoms.